The van der Waals surface area contributed by atoms with Crippen molar-refractivity contribution >= 4 is 34.0 Å². The molecule has 154 valence electrons. The van der Waals surface area contributed by atoms with Gasteiger partial charge in [-0.25, -0.2) is 14.8 Å². The monoisotopic (exact) mass is 402 g/mol. The summed E-state index contributed by atoms with van der Waals surface area (Å²) in [5.41, 5.74) is 10.3. The summed E-state index contributed by atoms with van der Waals surface area (Å²) in [5, 5.41) is 0. The second kappa shape index (κ2) is 8.95. The molecule has 0 bridgehead atoms. The van der Waals surface area contributed by atoms with Crippen LogP contribution in [-0.2, 0) is 17.9 Å². The summed E-state index contributed by atoms with van der Waals surface area (Å²) in [6, 6.07) is 17.2. The number of aromatic nitrogens is 3. The minimum Gasteiger partial charge on any atom is -0.457 e. The lowest BCUT2D eigenvalue weighted by molar-refractivity contribution is 0.0476. The van der Waals surface area contributed by atoms with E-state index >= 15 is 0 Å². The van der Waals surface area contributed by atoms with Crippen LogP contribution in [0.5, 0.6) is 0 Å². The summed E-state index contributed by atoms with van der Waals surface area (Å²) < 4.78 is 7.48. The van der Waals surface area contributed by atoms with E-state index in [0.29, 0.717) is 29.1 Å². The molecular formula is C24H26N4O2. The van der Waals surface area contributed by atoms with Gasteiger partial charge in [-0.05, 0) is 24.1 Å². The molecule has 0 spiro atoms. The quantitative estimate of drug-likeness (QED) is 0.327. The molecule has 0 aliphatic carbocycles. The van der Waals surface area contributed by atoms with E-state index in [1.54, 1.807) is 0 Å². The molecule has 0 radical (unpaired) electrons. The maximum absolute atomic E-state index is 13.0. The highest BCUT2D eigenvalue weighted by molar-refractivity contribution is 6.08. The Balaban J connectivity index is 1.72. The highest BCUT2D eigenvalue weighted by Gasteiger charge is 2.25. The molecule has 4 rings (SSSR count). The van der Waals surface area contributed by atoms with E-state index in [0.717, 1.165) is 35.9 Å². The number of hydrogen-bond donors (Lipinski definition) is 1. The number of unbranched alkanes of at least 4 members (excludes halogenated alkanes) is 3. The zero-order valence-corrected chi connectivity index (χ0v) is 17.2. The number of fused-ring (bicyclic) bond motifs is 2. The van der Waals surface area contributed by atoms with Gasteiger partial charge in [0.15, 0.2) is 5.65 Å². The SMILES string of the molecule is CCCCCCn1c(N)c(C(=O)OCc2ccccc2)c2nc3ccccc3nc21. The molecule has 0 aliphatic rings. The van der Waals surface area contributed by atoms with Crippen molar-refractivity contribution < 1.29 is 9.53 Å². The van der Waals surface area contributed by atoms with Crippen molar-refractivity contribution in [2.24, 2.45) is 0 Å². The number of para-hydroxylation sites is 2. The van der Waals surface area contributed by atoms with Crippen molar-refractivity contribution in [2.75, 3.05) is 5.73 Å². The van der Waals surface area contributed by atoms with Gasteiger partial charge in [-0.3, -0.25) is 0 Å². The first-order valence-electron chi connectivity index (χ1n) is 10.4. The van der Waals surface area contributed by atoms with Crippen molar-refractivity contribution in [1.29, 1.82) is 0 Å². The Morgan fingerprint density at radius 3 is 2.40 bits per heavy atom. The van der Waals surface area contributed by atoms with E-state index in [1.165, 1.54) is 6.42 Å². The molecule has 4 aromatic rings. The van der Waals surface area contributed by atoms with Crippen LogP contribution in [0.15, 0.2) is 54.6 Å². The predicted molar refractivity (Wildman–Crippen MR) is 119 cm³/mol. The van der Waals surface area contributed by atoms with Crippen LogP contribution in [0.2, 0.25) is 0 Å². The molecule has 0 aliphatic heterocycles. The number of ether oxygens (including phenoxy) is 1. The van der Waals surface area contributed by atoms with Gasteiger partial charge in [0.25, 0.3) is 0 Å². The molecule has 0 saturated carbocycles. The third-order valence-corrected chi connectivity index (χ3v) is 5.24. The molecule has 0 saturated heterocycles. The van der Waals surface area contributed by atoms with Gasteiger partial charge in [0.2, 0.25) is 0 Å². The van der Waals surface area contributed by atoms with Gasteiger partial charge in [-0.2, -0.15) is 0 Å². The normalized spacial score (nSPS) is 11.2. The van der Waals surface area contributed by atoms with E-state index in [2.05, 4.69) is 6.92 Å². The summed E-state index contributed by atoms with van der Waals surface area (Å²) in [5.74, 6) is -0.104. The Morgan fingerprint density at radius 1 is 0.967 bits per heavy atom. The number of carbonyl (C=O) groups excluding carboxylic acids is 1. The molecule has 0 amide bonds. The van der Waals surface area contributed by atoms with E-state index in [-0.39, 0.29) is 6.61 Å². The van der Waals surface area contributed by atoms with Gasteiger partial charge >= 0.3 is 5.97 Å². The molecular weight excluding hydrogens is 376 g/mol. The van der Waals surface area contributed by atoms with Gasteiger partial charge in [-0.15, -0.1) is 0 Å². The Kier molecular flexibility index (Phi) is 5.93. The smallest absolute Gasteiger partial charge is 0.344 e. The predicted octanol–water partition coefficient (Wildman–Crippen LogP) is 5.10. The largest absolute Gasteiger partial charge is 0.457 e. The molecule has 2 aromatic heterocycles. The Bertz CT molecular complexity index is 1170. The number of rotatable bonds is 8. The van der Waals surface area contributed by atoms with Crippen LogP contribution in [-0.4, -0.2) is 20.5 Å². The molecule has 0 fully saturated rings. The van der Waals surface area contributed by atoms with Crippen molar-refractivity contribution in [2.45, 2.75) is 45.8 Å². The summed E-state index contributed by atoms with van der Waals surface area (Å²) in [6.45, 7) is 3.06. The van der Waals surface area contributed by atoms with E-state index < -0.39 is 5.97 Å². The van der Waals surface area contributed by atoms with Crippen LogP contribution in [0.1, 0.15) is 48.5 Å². The molecule has 2 aromatic carbocycles. The lowest BCUT2D eigenvalue weighted by atomic mass is 10.2. The van der Waals surface area contributed by atoms with Crippen LogP contribution in [0, 0.1) is 0 Å². The van der Waals surface area contributed by atoms with Crippen LogP contribution < -0.4 is 5.73 Å². The van der Waals surface area contributed by atoms with Crippen LogP contribution in [0.4, 0.5) is 5.82 Å². The number of hydrogen-bond acceptors (Lipinski definition) is 5. The molecule has 30 heavy (non-hydrogen) atoms. The first kappa shape index (κ1) is 19.9. The summed E-state index contributed by atoms with van der Waals surface area (Å²) in [7, 11) is 0. The number of carbonyl (C=O) groups is 1. The molecule has 0 unspecified atom stereocenters. The molecule has 6 nitrogen and oxygen atoms in total. The highest BCUT2D eigenvalue weighted by Crippen LogP contribution is 2.29. The van der Waals surface area contributed by atoms with Gasteiger partial charge in [0, 0.05) is 6.54 Å². The minimum absolute atomic E-state index is 0.184. The first-order chi connectivity index (χ1) is 14.7. The zero-order chi connectivity index (χ0) is 20.9. The average Bonchev–Trinajstić information content (AvgIpc) is 3.04. The van der Waals surface area contributed by atoms with Crippen LogP contribution in [0.3, 0.4) is 0 Å². The minimum atomic E-state index is -0.474. The Hall–Kier alpha value is -3.41. The highest BCUT2D eigenvalue weighted by atomic mass is 16.5. The fraction of sp³-hybridized carbons (Fsp3) is 0.292. The van der Waals surface area contributed by atoms with Gasteiger partial charge in [-0.1, -0.05) is 68.7 Å². The number of nitrogen functional groups attached to an aromatic ring is 1. The topological polar surface area (TPSA) is 83.0 Å². The van der Waals surface area contributed by atoms with E-state index in [9.17, 15) is 4.79 Å². The molecule has 2 heterocycles. The molecule has 2 N–H and O–H groups in total. The van der Waals surface area contributed by atoms with Gasteiger partial charge in [0.05, 0.1) is 11.0 Å². The van der Waals surface area contributed by atoms with Crippen molar-refractivity contribution in [3.05, 3.63) is 65.7 Å². The van der Waals surface area contributed by atoms with Crippen molar-refractivity contribution in [1.82, 2.24) is 14.5 Å². The summed E-state index contributed by atoms with van der Waals surface area (Å²) >= 11 is 0. The standard InChI is InChI=1S/C24H26N4O2/c1-2-3-4-10-15-28-22(25)20(24(29)30-16-17-11-6-5-7-12-17)21-23(28)27-19-14-9-8-13-18(19)26-21/h5-9,11-14H,2-4,10,15-16,25H2,1H3. The fourth-order valence-electron chi connectivity index (χ4n) is 3.64. The number of esters is 1. The maximum atomic E-state index is 13.0. The third kappa shape index (κ3) is 3.99. The third-order valence-electron chi connectivity index (χ3n) is 5.24. The number of nitrogens with zero attached hydrogens (tertiary/aromatic N) is 3. The zero-order valence-electron chi connectivity index (χ0n) is 17.2. The average molecular weight is 402 g/mol. The lowest BCUT2D eigenvalue weighted by Gasteiger charge is -2.08. The second-order valence-electron chi connectivity index (χ2n) is 7.42. The van der Waals surface area contributed by atoms with Crippen LogP contribution >= 0.6 is 0 Å². The summed E-state index contributed by atoms with van der Waals surface area (Å²) in [4.78, 5) is 22.5. The first-order valence-corrected chi connectivity index (χ1v) is 10.4. The number of benzene rings is 2. The van der Waals surface area contributed by atoms with Gasteiger partial charge < -0.3 is 15.0 Å². The van der Waals surface area contributed by atoms with E-state index in [1.807, 2.05) is 59.2 Å². The number of aryl methyl sites for hydroxylation is 1. The van der Waals surface area contributed by atoms with Gasteiger partial charge in [0.1, 0.15) is 23.5 Å². The van der Waals surface area contributed by atoms with Crippen molar-refractivity contribution in [3.8, 4) is 0 Å². The second-order valence-corrected chi connectivity index (χ2v) is 7.42. The fourth-order valence-corrected chi connectivity index (χ4v) is 3.64. The molecule has 0 atom stereocenters. The van der Waals surface area contributed by atoms with E-state index in [4.69, 9.17) is 20.4 Å². The van der Waals surface area contributed by atoms with Crippen LogP contribution in [0.25, 0.3) is 22.2 Å². The Labute approximate surface area is 175 Å². The number of nitrogens with two attached hydrogens (primary N) is 1. The van der Waals surface area contributed by atoms with Crippen molar-refractivity contribution in [3.63, 3.8) is 0 Å². The summed E-state index contributed by atoms with van der Waals surface area (Å²) in [6.07, 6.45) is 4.39. The lowest BCUT2D eigenvalue weighted by Crippen LogP contribution is -2.10. The molecule has 6 heteroatoms. The maximum Gasteiger partial charge on any atom is 0.344 e. The Morgan fingerprint density at radius 2 is 1.67 bits per heavy atom. The number of anilines is 1.